The van der Waals surface area contributed by atoms with E-state index >= 15 is 0 Å². The number of esters is 1. The van der Waals surface area contributed by atoms with Crippen LogP contribution in [0.5, 0.6) is 5.75 Å². The second-order valence-corrected chi connectivity index (χ2v) is 7.36. The van der Waals surface area contributed by atoms with Crippen LogP contribution in [-0.4, -0.2) is 36.3 Å². The molecule has 0 heterocycles. The van der Waals surface area contributed by atoms with Crippen molar-refractivity contribution in [1.29, 1.82) is 0 Å². The van der Waals surface area contributed by atoms with Gasteiger partial charge in [0.2, 0.25) is 0 Å². The molecule has 0 aliphatic heterocycles. The highest BCUT2D eigenvalue weighted by Crippen LogP contribution is 2.28. The molecule has 2 aromatic rings. The number of ether oxygens (including phenoxy) is 2. The van der Waals surface area contributed by atoms with Crippen LogP contribution in [0.2, 0.25) is 0 Å². The highest BCUT2D eigenvalue weighted by molar-refractivity contribution is 7.99. The molecular formula is C20H22N2O6S. The molecule has 8 nitrogen and oxygen atoms in total. The molecule has 29 heavy (non-hydrogen) atoms. The smallest absolute Gasteiger partial charge is 0.307 e. The van der Waals surface area contributed by atoms with Gasteiger partial charge in [0.1, 0.15) is 11.4 Å². The standard InChI is InChI=1S/C20H22N2O6S/c1-13-4-6-16(10-14(13)2)29-9-8-20(24)28-12-19(23)21-17-7-5-15(27-3)11-18(17)22(25)26/h4-7,10-11H,8-9,12H2,1-3H3,(H,21,23). The van der Waals surface area contributed by atoms with Gasteiger partial charge in [-0.1, -0.05) is 6.07 Å². The number of rotatable bonds is 9. The molecule has 154 valence electrons. The number of thioether (sulfide) groups is 1. The van der Waals surface area contributed by atoms with Gasteiger partial charge in [-0.05, 0) is 49.2 Å². The predicted molar refractivity (Wildman–Crippen MR) is 110 cm³/mol. The number of hydrogen-bond donors (Lipinski definition) is 1. The van der Waals surface area contributed by atoms with E-state index in [2.05, 4.69) is 11.4 Å². The fourth-order valence-corrected chi connectivity index (χ4v) is 3.28. The highest BCUT2D eigenvalue weighted by atomic mass is 32.2. The number of nitrogens with zero attached hydrogens (tertiary/aromatic N) is 1. The van der Waals surface area contributed by atoms with Crippen molar-refractivity contribution in [3.05, 3.63) is 57.6 Å². The van der Waals surface area contributed by atoms with E-state index in [1.165, 1.54) is 48.2 Å². The summed E-state index contributed by atoms with van der Waals surface area (Å²) in [6, 6.07) is 10.1. The molecule has 0 aliphatic carbocycles. The largest absolute Gasteiger partial charge is 0.496 e. The average molecular weight is 418 g/mol. The maximum Gasteiger partial charge on any atom is 0.307 e. The SMILES string of the molecule is COc1ccc(NC(=O)COC(=O)CCSc2ccc(C)c(C)c2)c([N+](=O)[O-])c1. The third-order valence-corrected chi connectivity index (χ3v) is 5.09. The van der Waals surface area contributed by atoms with E-state index in [1.807, 2.05) is 26.0 Å². The zero-order valence-electron chi connectivity index (χ0n) is 16.4. The van der Waals surface area contributed by atoms with Gasteiger partial charge in [-0.25, -0.2) is 0 Å². The molecular weight excluding hydrogens is 396 g/mol. The summed E-state index contributed by atoms with van der Waals surface area (Å²) in [5, 5.41) is 13.5. The number of nitrogens with one attached hydrogen (secondary N) is 1. The second-order valence-electron chi connectivity index (χ2n) is 6.19. The first-order valence-electron chi connectivity index (χ1n) is 8.78. The minimum absolute atomic E-state index is 0.00199. The molecule has 0 spiro atoms. The number of methoxy groups -OCH3 is 1. The van der Waals surface area contributed by atoms with Gasteiger partial charge in [0, 0.05) is 10.6 Å². The van der Waals surface area contributed by atoms with Crippen molar-refractivity contribution >= 4 is 35.0 Å². The summed E-state index contributed by atoms with van der Waals surface area (Å²) in [7, 11) is 1.38. The molecule has 0 aliphatic rings. The van der Waals surface area contributed by atoms with Crippen LogP contribution in [0.3, 0.4) is 0 Å². The molecule has 0 saturated carbocycles. The summed E-state index contributed by atoms with van der Waals surface area (Å²) in [5.74, 6) is -0.357. The Labute approximate surface area is 172 Å². The molecule has 0 radical (unpaired) electrons. The van der Waals surface area contributed by atoms with Crippen LogP contribution in [-0.2, 0) is 14.3 Å². The van der Waals surface area contributed by atoms with E-state index in [0.29, 0.717) is 11.5 Å². The summed E-state index contributed by atoms with van der Waals surface area (Å²) in [4.78, 5) is 35.3. The lowest BCUT2D eigenvalue weighted by Gasteiger charge is -2.08. The van der Waals surface area contributed by atoms with E-state index < -0.39 is 23.4 Å². The van der Waals surface area contributed by atoms with Crippen LogP contribution in [0.1, 0.15) is 17.5 Å². The van der Waals surface area contributed by atoms with Gasteiger partial charge in [0.05, 0.1) is 24.5 Å². The monoisotopic (exact) mass is 418 g/mol. The van der Waals surface area contributed by atoms with Gasteiger partial charge < -0.3 is 14.8 Å². The highest BCUT2D eigenvalue weighted by Gasteiger charge is 2.18. The first-order chi connectivity index (χ1) is 13.8. The summed E-state index contributed by atoms with van der Waals surface area (Å²) in [5.41, 5.74) is 2.08. The van der Waals surface area contributed by atoms with Crippen molar-refractivity contribution in [2.24, 2.45) is 0 Å². The molecule has 2 aromatic carbocycles. The summed E-state index contributed by atoms with van der Waals surface area (Å²) >= 11 is 1.53. The van der Waals surface area contributed by atoms with E-state index in [-0.39, 0.29) is 17.8 Å². The van der Waals surface area contributed by atoms with Crippen molar-refractivity contribution in [2.45, 2.75) is 25.2 Å². The summed E-state index contributed by atoms with van der Waals surface area (Å²) in [6.07, 6.45) is 0.146. The fraction of sp³-hybridized carbons (Fsp3) is 0.300. The number of hydrogen-bond acceptors (Lipinski definition) is 7. The molecule has 1 N–H and O–H groups in total. The third-order valence-electron chi connectivity index (χ3n) is 4.09. The lowest BCUT2D eigenvalue weighted by molar-refractivity contribution is -0.384. The Morgan fingerprint density at radius 3 is 2.55 bits per heavy atom. The molecule has 0 saturated heterocycles. The maximum absolute atomic E-state index is 12.0. The van der Waals surface area contributed by atoms with Crippen molar-refractivity contribution in [3.63, 3.8) is 0 Å². The average Bonchev–Trinajstić information content (AvgIpc) is 2.69. The first-order valence-corrected chi connectivity index (χ1v) is 9.76. The number of carbonyl (C=O) groups excluding carboxylic acids is 2. The lowest BCUT2D eigenvalue weighted by Crippen LogP contribution is -2.21. The Bertz CT molecular complexity index is 916. The Morgan fingerprint density at radius 2 is 1.90 bits per heavy atom. The Morgan fingerprint density at radius 1 is 1.14 bits per heavy atom. The number of benzene rings is 2. The number of nitro benzene ring substituents is 1. The van der Waals surface area contributed by atoms with Gasteiger partial charge in [-0.15, -0.1) is 11.8 Å². The van der Waals surface area contributed by atoms with E-state index in [0.717, 1.165) is 4.90 Å². The zero-order chi connectivity index (χ0) is 21.4. The van der Waals surface area contributed by atoms with Crippen LogP contribution in [0.25, 0.3) is 0 Å². The van der Waals surface area contributed by atoms with Crippen LogP contribution >= 0.6 is 11.8 Å². The first kappa shape index (κ1) is 22.2. The molecule has 0 bridgehead atoms. The zero-order valence-corrected chi connectivity index (χ0v) is 17.2. The molecule has 1 amide bonds. The van der Waals surface area contributed by atoms with Crippen molar-refractivity contribution in [1.82, 2.24) is 0 Å². The third kappa shape index (κ3) is 6.79. The van der Waals surface area contributed by atoms with Crippen LogP contribution in [0.4, 0.5) is 11.4 Å². The number of carbonyl (C=O) groups is 2. The number of aryl methyl sites for hydroxylation is 2. The van der Waals surface area contributed by atoms with Crippen LogP contribution < -0.4 is 10.1 Å². The summed E-state index contributed by atoms with van der Waals surface area (Å²) < 4.78 is 9.88. The molecule has 0 unspecified atom stereocenters. The fourth-order valence-electron chi connectivity index (χ4n) is 2.36. The number of amides is 1. The van der Waals surface area contributed by atoms with Crippen molar-refractivity contribution in [3.8, 4) is 5.75 Å². The second kappa shape index (κ2) is 10.5. The molecule has 0 fully saturated rings. The number of nitro groups is 1. The van der Waals surface area contributed by atoms with E-state index in [9.17, 15) is 19.7 Å². The van der Waals surface area contributed by atoms with Gasteiger partial charge in [-0.3, -0.25) is 19.7 Å². The molecule has 0 atom stereocenters. The minimum Gasteiger partial charge on any atom is -0.496 e. The predicted octanol–water partition coefficient (Wildman–Crippen LogP) is 3.88. The Hall–Kier alpha value is -3.07. The lowest BCUT2D eigenvalue weighted by atomic mass is 10.1. The molecule has 9 heteroatoms. The van der Waals surface area contributed by atoms with E-state index in [1.54, 1.807) is 0 Å². The minimum atomic E-state index is -0.659. The summed E-state index contributed by atoms with van der Waals surface area (Å²) in [6.45, 7) is 3.54. The van der Waals surface area contributed by atoms with Gasteiger partial charge >= 0.3 is 5.97 Å². The van der Waals surface area contributed by atoms with Gasteiger partial charge in [0.15, 0.2) is 6.61 Å². The molecule has 2 rings (SSSR count). The Kier molecular flexibility index (Phi) is 8.02. The van der Waals surface area contributed by atoms with Crippen LogP contribution in [0.15, 0.2) is 41.3 Å². The quantitative estimate of drug-likeness (QED) is 0.285. The molecule has 0 aromatic heterocycles. The maximum atomic E-state index is 12.0. The van der Waals surface area contributed by atoms with E-state index in [4.69, 9.17) is 9.47 Å². The number of anilines is 1. The topological polar surface area (TPSA) is 108 Å². The normalized spacial score (nSPS) is 10.3. The van der Waals surface area contributed by atoms with Crippen molar-refractivity contribution < 1.29 is 24.0 Å². The van der Waals surface area contributed by atoms with Crippen molar-refractivity contribution in [2.75, 3.05) is 24.8 Å². The Balaban J connectivity index is 1.79. The van der Waals surface area contributed by atoms with Gasteiger partial charge in [0.25, 0.3) is 11.6 Å². The van der Waals surface area contributed by atoms with Crippen LogP contribution in [0, 0.1) is 24.0 Å². The van der Waals surface area contributed by atoms with Gasteiger partial charge in [-0.2, -0.15) is 0 Å².